The summed E-state index contributed by atoms with van der Waals surface area (Å²) in [5.41, 5.74) is 0. The van der Waals surface area contributed by atoms with Gasteiger partial charge in [0.1, 0.15) is 12.4 Å². The second-order valence-corrected chi connectivity index (χ2v) is 4.49. The van der Waals surface area contributed by atoms with Gasteiger partial charge in [0.05, 0.1) is 6.04 Å². The molecule has 3 nitrogen and oxygen atoms in total. The smallest absolute Gasteiger partial charge is 0.411 e. The Hall–Kier alpha value is -0.530. The molecule has 0 saturated carbocycles. The minimum atomic E-state index is -4.28. The van der Waals surface area contributed by atoms with Gasteiger partial charge in [-0.2, -0.15) is 13.2 Å². The molecule has 7 heteroatoms. The number of nitrogens with one attached hydrogen (secondary N) is 1. The van der Waals surface area contributed by atoms with Crippen LogP contribution in [0.3, 0.4) is 0 Å². The lowest BCUT2D eigenvalue weighted by molar-refractivity contribution is -0.174. The number of rotatable bonds is 7. The van der Waals surface area contributed by atoms with E-state index in [0.29, 0.717) is 23.4 Å². The maximum absolute atomic E-state index is 11.9. The van der Waals surface area contributed by atoms with Gasteiger partial charge in [-0.05, 0) is 41.0 Å². The molecule has 1 N–H and O–H groups in total. The average Bonchev–Trinajstić information content (AvgIpc) is 2.68. The molecule has 1 heterocycles. The second kappa shape index (κ2) is 7.16. The Morgan fingerprint density at radius 3 is 2.67 bits per heavy atom. The molecular weight excluding hydrogens is 315 g/mol. The monoisotopic (exact) mass is 329 g/mol. The van der Waals surface area contributed by atoms with Crippen LogP contribution in [-0.2, 0) is 4.74 Å². The van der Waals surface area contributed by atoms with Crippen LogP contribution in [0.2, 0.25) is 0 Å². The fraction of sp³-hybridized carbons (Fsp3) is 0.636. The molecule has 1 unspecified atom stereocenters. The Morgan fingerprint density at radius 1 is 1.44 bits per heavy atom. The van der Waals surface area contributed by atoms with E-state index in [1.54, 1.807) is 12.1 Å². The summed E-state index contributed by atoms with van der Waals surface area (Å²) in [5, 5.41) is 3.13. The van der Waals surface area contributed by atoms with E-state index in [4.69, 9.17) is 4.42 Å². The fourth-order valence-electron chi connectivity index (χ4n) is 1.50. The van der Waals surface area contributed by atoms with Crippen molar-refractivity contribution in [2.45, 2.75) is 25.6 Å². The lowest BCUT2D eigenvalue weighted by Crippen LogP contribution is -2.23. The standard InChI is InChI=1S/C11H15BrF3NO2/c1-2-16-8(9-3-4-10(12)18-9)5-6-17-7-11(13,14)15/h3-4,8,16H,2,5-7H2,1H3. The van der Waals surface area contributed by atoms with Crippen molar-refractivity contribution in [2.75, 3.05) is 19.8 Å². The lowest BCUT2D eigenvalue weighted by atomic mass is 10.1. The van der Waals surface area contributed by atoms with Crippen LogP contribution in [0.25, 0.3) is 0 Å². The van der Waals surface area contributed by atoms with Crippen LogP contribution in [0, 0.1) is 0 Å². The van der Waals surface area contributed by atoms with Gasteiger partial charge in [-0.1, -0.05) is 6.92 Å². The van der Waals surface area contributed by atoms with E-state index in [1.165, 1.54) is 0 Å². The zero-order chi connectivity index (χ0) is 13.6. The largest absolute Gasteiger partial charge is 0.453 e. The number of furan rings is 1. The molecule has 18 heavy (non-hydrogen) atoms. The first-order chi connectivity index (χ1) is 8.42. The summed E-state index contributed by atoms with van der Waals surface area (Å²) in [5.74, 6) is 0.680. The second-order valence-electron chi connectivity index (χ2n) is 3.71. The Bertz CT molecular complexity index is 354. The highest BCUT2D eigenvalue weighted by Gasteiger charge is 2.27. The predicted octanol–water partition coefficient (Wildman–Crippen LogP) is 3.66. The molecule has 1 aromatic heterocycles. The minimum absolute atomic E-state index is 0.0233. The number of hydrogen-bond acceptors (Lipinski definition) is 3. The van der Waals surface area contributed by atoms with E-state index in [1.807, 2.05) is 6.92 Å². The lowest BCUT2D eigenvalue weighted by Gasteiger charge is -2.15. The molecule has 0 radical (unpaired) electrons. The van der Waals surface area contributed by atoms with Gasteiger partial charge in [0.25, 0.3) is 0 Å². The molecule has 1 aromatic rings. The quantitative estimate of drug-likeness (QED) is 0.775. The summed E-state index contributed by atoms with van der Waals surface area (Å²) in [6.45, 7) is 1.42. The van der Waals surface area contributed by atoms with Crippen molar-refractivity contribution >= 4 is 15.9 Å². The molecule has 0 saturated heterocycles. The summed E-state index contributed by atoms with van der Waals surface area (Å²) in [6, 6.07) is 3.38. The zero-order valence-electron chi connectivity index (χ0n) is 9.89. The Morgan fingerprint density at radius 2 is 2.17 bits per heavy atom. The van der Waals surface area contributed by atoms with Crippen LogP contribution in [0.5, 0.6) is 0 Å². The Kier molecular flexibility index (Phi) is 6.17. The maximum atomic E-state index is 11.9. The van der Waals surface area contributed by atoms with Gasteiger partial charge >= 0.3 is 6.18 Å². The Balaban J connectivity index is 2.39. The van der Waals surface area contributed by atoms with Crippen molar-refractivity contribution < 1.29 is 22.3 Å². The van der Waals surface area contributed by atoms with Crippen LogP contribution in [-0.4, -0.2) is 25.9 Å². The summed E-state index contributed by atoms with van der Waals surface area (Å²) < 4.78 is 46.2. The number of ether oxygens (including phenoxy) is 1. The van der Waals surface area contributed by atoms with E-state index in [9.17, 15) is 13.2 Å². The van der Waals surface area contributed by atoms with Crippen molar-refractivity contribution in [1.29, 1.82) is 0 Å². The fourth-order valence-corrected chi connectivity index (χ4v) is 1.82. The van der Waals surface area contributed by atoms with E-state index in [-0.39, 0.29) is 12.6 Å². The highest BCUT2D eigenvalue weighted by atomic mass is 79.9. The summed E-state index contributed by atoms with van der Waals surface area (Å²) in [6.07, 6.45) is -3.86. The number of alkyl halides is 3. The topological polar surface area (TPSA) is 34.4 Å². The summed E-state index contributed by atoms with van der Waals surface area (Å²) in [4.78, 5) is 0. The van der Waals surface area contributed by atoms with E-state index in [2.05, 4.69) is 26.0 Å². The molecule has 0 aliphatic heterocycles. The number of halogens is 4. The van der Waals surface area contributed by atoms with Crippen molar-refractivity contribution in [3.8, 4) is 0 Å². The van der Waals surface area contributed by atoms with Gasteiger partial charge in [-0.3, -0.25) is 0 Å². The highest BCUT2D eigenvalue weighted by Crippen LogP contribution is 2.23. The normalized spacial score (nSPS) is 13.8. The van der Waals surface area contributed by atoms with Crippen LogP contribution < -0.4 is 5.32 Å². The molecule has 0 spiro atoms. The van der Waals surface area contributed by atoms with Crippen LogP contribution in [0.15, 0.2) is 21.2 Å². The van der Waals surface area contributed by atoms with Crippen LogP contribution in [0.4, 0.5) is 13.2 Å². The molecule has 0 aliphatic rings. The zero-order valence-corrected chi connectivity index (χ0v) is 11.5. The molecule has 1 atom stereocenters. The first-order valence-electron chi connectivity index (χ1n) is 5.55. The van der Waals surface area contributed by atoms with Gasteiger partial charge in [0.15, 0.2) is 4.67 Å². The van der Waals surface area contributed by atoms with Crippen molar-refractivity contribution in [1.82, 2.24) is 5.32 Å². The molecule has 0 aromatic carbocycles. The third kappa shape index (κ3) is 5.88. The average molecular weight is 330 g/mol. The molecule has 1 rings (SSSR count). The SMILES string of the molecule is CCNC(CCOCC(F)(F)F)c1ccc(Br)o1. The van der Waals surface area contributed by atoms with Gasteiger partial charge in [0.2, 0.25) is 0 Å². The van der Waals surface area contributed by atoms with E-state index >= 15 is 0 Å². The Labute approximate surface area is 112 Å². The molecule has 0 amide bonds. The predicted molar refractivity (Wildman–Crippen MR) is 64.3 cm³/mol. The van der Waals surface area contributed by atoms with Crippen molar-refractivity contribution in [3.05, 3.63) is 22.6 Å². The van der Waals surface area contributed by atoms with Crippen molar-refractivity contribution in [2.24, 2.45) is 0 Å². The van der Waals surface area contributed by atoms with Gasteiger partial charge < -0.3 is 14.5 Å². The van der Waals surface area contributed by atoms with Gasteiger partial charge in [-0.15, -0.1) is 0 Å². The molecule has 104 valence electrons. The number of hydrogen-bond donors (Lipinski definition) is 1. The maximum Gasteiger partial charge on any atom is 0.411 e. The van der Waals surface area contributed by atoms with Crippen LogP contribution >= 0.6 is 15.9 Å². The minimum Gasteiger partial charge on any atom is -0.453 e. The molecule has 0 bridgehead atoms. The molecule has 0 aliphatic carbocycles. The third-order valence-electron chi connectivity index (χ3n) is 2.20. The summed E-state index contributed by atoms with van der Waals surface area (Å²) in [7, 11) is 0. The van der Waals surface area contributed by atoms with Gasteiger partial charge in [-0.25, -0.2) is 0 Å². The first kappa shape index (κ1) is 15.5. The van der Waals surface area contributed by atoms with Crippen molar-refractivity contribution in [3.63, 3.8) is 0 Å². The van der Waals surface area contributed by atoms with Gasteiger partial charge in [0, 0.05) is 6.61 Å². The third-order valence-corrected chi connectivity index (χ3v) is 2.63. The van der Waals surface area contributed by atoms with Crippen LogP contribution in [0.1, 0.15) is 25.1 Å². The molecular formula is C11H15BrF3NO2. The first-order valence-corrected chi connectivity index (χ1v) is 6.35. The summed E-state index contributed by atoms with van der Waals surface area (Å²) >= 11 is 3.19. The molecule has 0 fully saturated rings. The highest BCUT2D eigenvalue weighted by molar-refractivity contribution is 9.10. The van der Waals surface area contributed by atoms with E-state index < -0.39 is 12.8 Å². The van der Waals surface area contributed by atoms with E-state index in [0.717, 1.165) is 0 Å².